The summed E-state index contributed by atoms with van der Waals surface area (Å²) in [7, 11) is 0. The predicted octanol–water partition coefficient (Wildman–Crippen LogP) is -0.817. The number of ether oxygens (including phenoxy) is 1. The minimum Gasteiger partial charge on any atom is -0.373 e. The Labute approximate surface area is 107 Å². The van der Waals surface area contributed by atoms with Crippen molar-refractivity contribution in [3.8, 4) is 0 Å². The minimum atomic E-state index is -0.100. The Morgan fingerprint density at radius 3 is 2.94 bits per heavy atom. The lowest BCUT2D eigenvalue weighted by Gasteiger charge is -2.35. The first kappa shape index (κ1) is 13.3. The molecule has 0 aromatic heterocycles. The topological polar surface area (TPSA) is 75.9 Å². The zero-order valence-electron chi connectivity index (χ0n) is 10.8. The van der Waals surface area contributed by atoms with E-state index in [4.69, 9.17) is 10.5 Å². The van der Waals surface area contributed by atoms with Crippen molar-refractivity contribution in [1.29, 1.82) is 0 Å². The normalized spacial score (nSPS) is 26.6. The van der Waals surface area contributed by atoms with Gasteiger partial charge in [0.15, 0.2) is 0 Å². The number of nitrogens with zero attached hydrogens (tertiary/aromatic N) is 2. The van der Waals surface area contributed by atoms with Gasteiger partial charge in [-0.15, -0.1) is 0 Å². The fraction of sp³-hybridized carbons (Fsp3) is 0.833. The molecule has 0 bridgehead atoms. The first-order valence-electron chi connectivity index (χ1n) is 6.50. The zero-order valence-corrected chi connectivity index (χ0v) is 10.8. The second-order valence-electron chi connectivity index (χ2n) is 5.03. The summed E-state index contributed by atoms with van der Waals surface area (Å²) >= 11 is 0. The van der Waals surface area contributed by atoms with Crippen LogP contribution in [0.1, 0.15) is 19.8 Å². The molecule has 2 atom stereocenters. The van der Waals surface area contributed by atoms with E-state index < -0.39 is 0 Å². The van der Waals surface area contributed by atoms with Gasteiger partial charge in [-0.05, 0) is 13.3 Å². The second-order valence-corrected chi connectivity index (χ2v) is 5.03. The van der Waals surface area contributed by atoms with Gasteiger partial charge in [0.2, 0.25) is 11.8 Å². The van der Waals surface area contributed by atoms with Crippen molar-refractivity contribution in [3.05, 3.63) is 0 Å². The number of rotatable bonds is 3. The Morgan fingerprint density at radius 2 is 2.33 bits per heavy atom. The van der Waals surface area contributed by atoms with E-state index in [9.17, 15) is 9.59 Å². The minimum absolute atomic E-state index is 0.000741. The number of carbonyl (C=O) groups excluding carboxylic acids is 2. The smallest absolute Gasteiger partial charge is 0.242 e. The van der Waals surface area contributed by atoms with Crippen LogP contribution in [0.4, 0.5) is 0 Å². The van der Waals surface area contributed by atoms with Gasteiger partial charge in [0.1, 0.15) is 0 Å². The first-order chi connectivity index (χ1) is 8.58. The third-order valence-corrected chi connectivity index (χ3v) is 3.53. The summed E-state index contributed by atoms with van der Waals surface area (Å²) in [6.45, 7) is 4.41. The highest BCUT2D eigenvalue weighted by molar-refractivity contribution is 5.85. The predicted molar refractivity (Wildman–Crippen MR) is 65.8 cm³/mol. The number of nitrogens with two attached hydrogens (primary N) is 1. The molecule has 6 nitrogen and oxygen atoms in total. The average Bonchev–Trinajstić information content (AvgIpc) is 2.75. The molecule has 2 aliphatic rings. The largest absolute Gasteiger partial charge is 0.373 e. The highest BCUT2D eigenvalue weighted by Crippen LogP contribution is 2.12. The van der Waals surface area contributed by atoms with E-state index in [1.807, 2.05) is 6.92 Å². The summed E-state index contributed by atoms with van der Waals surface area (Å²) in [5.74, 6) is 0.0829. The Hall–Kier alpha value is -1.14. The molecule has 0 aromatic carbocycles. The van der Waals surface area contributed by atoms with Crippen LogP contribution in [0.3, 0.4) is 0 Å². The zero-order chi connectivity index (χ0) is 13.1. The number of carbonyl (C=O) groups is 2. The van der Waals surface area contributed by atoms with Crippen LogP contribution in [0.2, 0.25) is 0 Å². The van der Waals surface area contributed by atoms with Crippen molar-refractivity contribution in [1.82, 2.24) is 9.80 Å². The van der Waals surface area contributed by atoms with Crippen LogP contribution < -0.4 is 5.73 Å². The fourth-order valence-electron chi connectivity index (χ4n) is 2.35. The van der Waals surface area contributed by atoms with Crippen LogP contribution in [-0.2, 0) is 14.3 Å². The van der Waals surface area contributed by atoms with E-state index in [1.54, 1.807) is 9.80 Å². The van der Waals surface area contributed by atoms with E-state index in [0.29, 0.717) is 32.7 Å². The lowest BCUT2D eigenvalue weighted by atomic mass is 10.1. The molecule has 2 rings (SSSR count). The second kappa shape index (κ2) is 5.67. The van der Waals surface area contributed by atoms with E-state index in [2.05, 4.69) is 0 Å². The summed E-state index contributed by atoms with van der Waals surface area (Å²) < 4.78 is 5.51. The maximum absolute atomic E-state index is 12.1. The van der Waals surface area contributed by atoms with Crippen LogP contribution in [-0.4, -0.2) is 66.5 Å². The van der Waals surface area contributed by atoms with Crippen molar-refractivity contribution >= 4 is 11.8 Å². The van der Waals surface area contributed by atoms with Gasteiger partial charge in [-0.3, -0.25) is 9.59 Å². The van der Waals surface area contributed by atoms with Gasteiger partial charge in [-0.25, -0.2) is 0 Å². The molecule has 0 aliphatic carbocycles. The van der Waals surface area contributed by atoms with Crippen LogP contribution in [0, 0.1) is 0 Å². The van der Waals surface area contributed by atoms with Gasteiger partial charge in [-0.2, -0.15) is 0 Å². The number of likely N-dealkylation sites (tertiary alicyclic amines) is 1. The molecule has 2 amide bonds. The fourth-order valence-corrected chi connectivity index (χ4v) is 2.35. The SMILES string of the molecule is CC(N)C1CN(C(=O)CN2CCCC2=O)CCO1. The molecule has 0 spiro atoms. The van der Waals surface area contributed by atoms with Crippen LogP contribution in [0.15, 0.2) is 0 Å². The molecule has 102 valence electrons. The lowest BCUT2D eigenvalue weighted by Crippen LogP contribution is -2.53. The monoisotopic (exact) mass is 255 g/mol. The number of hydrogen-bond acceptors (Lipinski definition) is 4. The van der Waals surface area contributed by atoms with E-state index in [0.717, 1.165) is 6.42 Å². The molecule has 0 aromatic rings. The molecule has 2 saturated heterocycles. The van der Waals surface area contributed by atoms with Gasteiger partial charge in [0, 0.05) is 32.1 Å². The number of morpholine rings is 1. The van der Waals surface area contributed by atoms with Gasteiger partial charge in [0.25, 0.3) is 0 Å². The Balaban J connectivity index is 1.86. The van der Waals surface area contributed by atoms with Crippen LogP contribution in [0.25, 0.3) is 0 Å². The molecule has 2 N–H and O–H groups in total. The summed E-state index contributed by atoms with van der Waals surface area (Å²) in [5, 5.41) is 0. The number of amides is 2. The molecular weight excluding hydrogens is 234 g/mol. The van der Waals surface area contributed by atoms with Crippen molar-refractivity contribution in [2.45, 2.75) is 31.9 Å². The number of hydrogen-bond donors (Lipinski definition) is 1. The molecule has 6 heteroatoms. The summed E-state index contributed by atoms with van der Waals surface area (Å²) in [4.78, 5) is 27.0. The third-order valence-electron chi connectivity index (χ3n) is 3.53. The van der Waals surface area contributed by atoms with Gasteiger partial charge >= 0.3 is 0 Å². The average molecular weight is 255 g/mol. The highest BCUT2D eigenvalue weighted by Gasteiger charge is 2.29. The van der Waals surface area contributed by atoms with Crippen LogP contribution >= 0.6 is 0 Å². The van der Waals surface area contributed by atoms with Gasteiger partial charge in [0.05, 0.1) is 19.3 Å². The first-order valence-corrected chi connectivity index (χ1v) is 6.50. The van der Waals surface area contributed by atoms with E-state index in [-0.39, 0.29) is 30.5 Å². The van der Waals surface area contributed by atoms with Gasteiger partial charge in [-0.1, -0.05) is 0 Å². The van der Waals surface area contributed by atoms with Crippen molar-refractivity contribution < 1.29 is 14.3 Å². The molecule has 2 heterocycles. The Morgan fingerprint density at radius 1 is 1.56 bits per heavy atom. The van der Waals surface area contributed by atoms with Crippen molar-refractivity contribution in [3.63, 3.8) is 0 Å². The van der Waals surface area contributed by atoms with Crippen molar-refractivity contribution in [2.75, 3.05) is 32.8 Å². The summed E-state index contributed by atoms with van der Waals surface area (Å²) in [6.07, 6.45) is 1.33. The van der Waals surface area contributed by atoms with E-state index in [1.165, 1.54) is 0 Å². The maximum atomic E-state index is 12.1. The third kappa shape index (κ3) is 3.00. The van der Waals surface area contributed by atoms with Crippen LogP contribution in [0.5, 0.6) is 0 Å². The molecule has 18 heavy (non-hydrogen) atoms. The maximum Gasteiger partial charge on any atom is 0.242 e. The lowest BCUT2D eigenvalue weighted by molar-refractivity contribution is -0.144. The standard InChI is InChI=1S/C12H21N3O3/c1-9(13)10-7-15(5-6-18-10)12(17)8-14-4-2-3-11(14)16/h9-10H,2-8,13H2,1H3. The van der Waals surface area contributed by atoms with Gasteiger partial charge < -0.3 is 20.3 Å². The molecular formula is C12H21N3O3. The van der Waals surface area contributed by atoms with E-state index >= 15 is 0 Å². The molecule has 0 radical (unpaired) electrons. The quantitative estimate of drug-likeness (QED) is 0.715. The molecule has 2 unspecified atom stereocenters. The Bertz CT molecular complexity index is 333. The van der Waals surface area contributed by atoms with Crippen molar-refractivity contribution in [2.24, 2.45) is 5.73 Å². The summed E-state index contributed by atoms with van der Waals surface area (Å²) in [6, 6.07) is -0.0889. The Kier molecular flexibility index (Phi) is 4.19. The molecule has 2 fully saturated rings. The highest BCUT2D eigenvalue weighted by atomic mass is 16.5. The summed E-state index contributed by atoms with van der Waals surface area (Å²) in [5.41, 5.74) is 5.79. The molecule has 2 aliphatic heterocycles. The molecule has 0 saturated carbocycles.